The number of rotatable bonds is 89. The van der Waals surface area contributed by atoms with Crippen LogP contribution in [0.3, 0.4) is 0 Å². The monoisotopic (exact) mass is 1580 g/mol. The zero-order valence-electron chi connectivity index (χ0n) is 71.0. The van der Waals surface area contributed by atoms with Gasteiger partial charge in [-0.25, -0.2) is 9.13 Å². The number of carbonyl (C=O) groups is 4. The van der Waals surface area contributed by atoms with Crippen LogP contribution >= 0.6 is 15.6 Å². The quantitative estimate of drug-likeness (QED) is 0.0222. The highest BCUT2D eigenvalue weighted by Gasteiger charge is 2.31. The number of aliphatic hydroxyl groups is 1. The Labute approximate surface area is 664 Å². The fourth-order valence-electron chi connectivity index (χ4n) is 14.0. The molecule has 0 spiro atoms. The largest absolute Gasteiger partial charge is 0.472 e. The highest BCUT2D eigenvalue weighted by atomic mass is 31.2. The molecule has 0 bridgehead atoms. The van der Waals surface area contributed by atoms with E-state index >= 15 is 0 Å². The molecule has 3 unspecified atom stereocenters. The maximum Gasteiger partial charge on any atom is 0.472 e. The first-order chi connectivity index (χ1) is 52.6. The summed E-state index contributed by atoms with van der Waals surface area (Å²) in [5.41, 5.74) is 0. The molecule has 0 saturated heterocycles. The molecule has 6 atom stereocenters. The third-order valence-corrected chi connectivity index (χ3v) is 23.3. The van der Waals surface area contributed by atoms with Crippen molar-refractivity contribution in [2.45, 2.75) is 502 Å². The van der Waals surface area contributed by atoms with E-state index in [0.29, 0.717) is 25.7 Å². The van der Waals surface area contributed by atoms with E-state index in [1.165, 1.54) is 308 Å². The van der Waals surface area contributed by atoms with E-state index in [1.54, 1.807) is 0 Å². The van der Waals surface area contributed by atoms with Crippen LogP contribution in [0.15, 0.2) is 0 Å². The minimum absolute atomic E-state index is 0.108. The second kappa shape index (κ2) is 81.6. The minimum Gasteiger partial charge on any atom is -0.462 e. The maximum absolute atomic E-state index is 13.2. The Morgan fingerprint density at radius 2 is 0.444 bits per heavy atom. The lowest BCUT2D eigenvalue weighted by Crippen LogP contribution is -2.30. The van der Waals surface area contributed by atoms with Gasteiger partial charge in [-0.3, -0.25) is 37.3 Å². The number of esters is 4. The lowest BCUT2D eigenvalue weighted by molar-refractivity contribution is -0.161. The lowest BCUT2D eigenvalue weighted by Gasteiger charge is -2.21. The summed E-state index contributed by atoms with van der Waals surface area (Å²) in [6, 6.07) is 0. The Bertz CT molecular complexity index is 2050. The minimum atomic E-state index is -4.97. The number of hydrogen-bond donors (Lipinski definition) is 3. The van der Waals surface area contributed by atoms with Gasteiger partial charge in [-0.15, -0.1) is 0 Å². The summed E-state index contributed by atoms with van der Waals surface area (Å²) in [5.74, 6) is -1.25. The van der Waals surface area contributed by atoms with Gasteiger partial charge in [-0.1, -0.05) is 433 Å². The maximum atomic E-state index is 13.2. The summed E-state index contributed by atoms with van der Waals surface area (Å²) in [4.78, 5) is 73.3. The number of unbranched alkanes of at least 4 members (excludes halogenated alkanes) is 60. The van der Waals surface area contributed by atoms with Crippen molar-refractivity contribution in [1.29, 1.82) is 0 Å². The first-order valence-corrected chi connectivity index (χ1v) is 49.2. The van der Waals surface area contributed by atoms with Crippen LogP contribution in [-0.2, 0) is 65.4 Å². The number of carbonyl (C=O) groups excluding carboxylic acids is 4. The standard InChI is InChI=1S/C89H174O17P2/c1-6-10-13-16-19-22-25-27-29-31-33-35-37-39-44-48-53-58-63-68-73-87(92)100-79-85(106-88(93)74-69-64-59-54-49-45-40-38-36-34-32-30-28-26-23-20-17-14-11-7-2)81-104-108(97,98)102-77-83(90)76-101-107(95,96)103-80-84(78-99-86(91)72-67-62-57-52-24-21-18-15-12-8-3)105-89(94)75-70-65-60-55-50-46-42-41-43-47-51-56-61-66-71-82(5)9-4/h82-85,90H,6-81H2,1-5H3,(H,95,96)(H,97,98)/t82?,83-,84+,85+/m0/s1. The predicted molar refractivity (Wildman–Crippen MR) is 446 cm³/mol. The topological polar surface area (TPSA) is 237 Å². The van der Waals surface area contributed by atoms with Crippen molar-refractivity contribution in [2.24, 2.45) is 5.92 Å². The summed E-state index contributed by atoms with van der Waals surface area (Å²) in [7, 11) is -9.93. The average molecular weight is 1580 g/mol. The number of ether oxygens (including phenoxy) is 4. The molecule has 0 aromatic rings. The first-order valence-electron chi connectivity index (χ1n) is 46.2. The summed E-state index contributed by atoms with van der Waals surface area (Å²) in [6.45, 7) is 7.43. The third kappa shape index (κ3) is 80.7. The van der Waals surface area contributed by atoms with Crippen molar-refractivity contribution < 1.29 is 80.2 Å². The van der Waals surface area contributed by atoms with Crippen LogP contribution in [0, 0.1) is 5.92 Å². The molecule has 0 saturated carbocycles. The Morgan fingerprint density at radius 3 is 0.657 bits per heavy atom. The van der Waals surface area contributed by atoms with E-state index in [4.69, 9.17) is 37.0 Å². The van der Waals surface area contributed by atoms with Crippen molar-refractivity contribution >= 4 is 39.5 Å². The summed E-state index contributed by atoms with van der Waals surface area (Å²) >= 11 is 0. The van der Waals surface area contributed by atoms with Crippen LogP contribution in [0.2, 0.25) is 0 Å². The molecule has 108 heavy (non-hydrogen) atoms. The smallest absolute Gasteiger partial charge is 0.462 e. The van der Waals surface area contributed by atoms with Gasteiger partial charge in [-0.2, -0.15) is 0 Å². The van der Waals surface area contributed by atoms with Gasteiger partial charge >= 0.3 is 39.5 Å². The Morgan fingerprint density at radius 1 is 0.259 bits per heavy atom. The van der Waals surface area contributed by atoms with Gasteiger partial charge in [0.2, 0.25) is 0 Å². The van der Waals surface area contributed by atoms with Crippen LogP contribution in [0.1, 0.15) is 484 Å². The number of hydrogen-bond acceptors (Lipinski definition) is 15. The molecule has 0 aromatic heterocycles. The van der Waals surface area contributed by atoms with E-state index in [9.17, 15) is 43.2 Å². The Balaban J connectivity index is 5.22. The van der Waals surface area contributed by atoms with Crippen molar-refractivity contribution in [3.8, 4) is 0 Å². The van der Waals surface area contributed by atoms with Crippen molar-refractivity contribution in [1.82, 2.24) is 0 Å². The van der Waals surface area contributed by atoms with Crippen LogP contribution in [0.4, 0.5) is 0 Å². The van der Waals surface area contributed by atoms with Crippen LogP contribution in [-0.4, -0.2) is 96.7 Å². The molecule has 0 heterocycles. The van der Waals surface area contributed by atoms with Gasteiger partial charge in [-0.05, 0) is 31.6 Å². The molecular formula is C89H174O17P2. The summed E-state index contributed by atoms with van der Waals surface area (Å²) in [6.07, 6.45) is 76.4. The number of phosphoric acid groups is 2. The number of phosphoric ester groups is 2. The lowest BCUT2D eigenvalue weighted by atomic mass is 9.99. The van der Waals surface area contributed by atoms with Crippen molar-refractivity contribution in [2.75, 3.05) is 39.6 Å². The van der Waals surface area contributed by atoms with Gasteiger partial charge in [0.25, 0.3) is 0 Å². The zero-order chi connectivity index (χ0) is 79.0. The molecule has 17 nitrogen and oxygen atoms in total. The van der Waals surface area contributed by atoms with E-state index in [2.05, 4.69) is 34.6 Å². The Hall–Kier alpha value is -1.94. The highest BCUT2D eigenvalue weighted by molar-refractivity contribution is 7.47. The molecule has 0 amide bonds. The second-order valence-corrected chi connectivity index (χ2v) is 35.1. The molecule has 0 aliphatic heterocycles. The molecule has 0 aliphatic rings. The van der Waals surface area contributed by atoms with Crippen LogP contribution in [0.25, 0.3) is 0 Å². The van der Waals surface area contributed by atoms with Crippen molar-refractivity contribution in [3.05, 3.63) is 0 Å². The van der Waals surface area contributed by atoms with Gasteiger partial charge in [0.1, 0.15) is 19.3 Å². The van der Waals surface area contributed by atoms with Gasteiger partial charge in [0.15, 0.2) is 12.2 Å². The molecule has 19 heteroatoms. The molecule has 0 aromatic carbocycles. The molecule has 0 rings (SSSR count). The SMILES string of the molecule is CCCCCCCCCCCCCCCCCCCCCCC(=O)OC[C@H](COP(=O)(O)OC[C@@H](O)COP(=O)(O)OC[C@@H](COC(=O)CCCCCCCCCCCC)OC(=O)CCCCCCCCCCCCCCCCC(C)CC)OC(=O)CCCCCCCCCCCCCCCCCCCCCC. The van der Waals surface area contributed by atoms with Gasteiger partial charge in [0.05, 0.1) is 26.4 Å². The first kappa shape index (κ1) is 106. The summed E-state index contributed by atoms with van der Waals surface area (Å²) < 4.78 is 69.0. The fourth-order valence-corrected chi connectivity index (χ4v) is 15.5. The third-order valence-electron chi connectivity index (χ3n) is 21.4. The highest BCUT2D eigenvalue weighted by Crippen LogP contribution is 2.45. The van der Waals surface area contributed by atoms with E-state index in [-0.39, 0.29) is 25.7 Å². The van der Waals surface area contributed by atoms with Gasteiger partial charge < -0.3 is 33.8 Å². The normalized spacial score (nSPS) is 14.0. The van der Waals surface area contributed by atoms with E-state index in [1.807, 2.05) is 0 Å². The molecule has 642 valence electrons. The fraction of sp³-hybridized carbons (Fsp3) is 0.955. The van der Waals surface area contributed by atoms with Gasteiger partial charge in [0, 0.05) is 25.7 Å². The van der Waals surface area contributed by atoms with E-state index < -0.39 is 97.5 Å². The average Bonchev–Trinajstić information content (AvgIpc) is 0.900. The predicted octanol–water partition coefficient (Wildman–Crippen LogP) is 27.5. The zero-order valence-corrected chi connectivity index (χ0v) is 72.8. The molecule has 0 fully saturated rings. The van der Waals surface area contributed by atoms with Crippen LogP contribution in [0.5, 0.6) is 0 Å². The van der Waals surface area contributed by atoms with Crippen LogP contribution < -0.4 is 0 Å². The molecule has 0 radical (unpaired) electrons. The second-order valence-electron chi connectivity index (χ2n) is 32.2. The molecular weight excluding hydrogens is 1400 g/mol. The van der Waals surface area contributed by atoms with E-state index in [0.717, 1.165) is 95.8 Å². The summed E-state index contributed by atoms with van der Waals surface area (Å²) in [5, 5.41) is 10.7. The molecule has 0 aliphatic carbocycles. The Kier molecular flexibility index (Phi) is 80.2. The van der Waals surface area contributed by atoms with Crippen molar-refractivity contribution in [3.63, 3.8) is 0 Å². The molecule has 3 N–H and O–H groups in total. The number of aliphatic hydroxyl groups excluding tert-OH is 1.